The molecule has 1 heterocycles. The third kappa shape index (κ3) is 3.60. The fraction of sp³-hybridized carbons (Fsp3) is 0.143. The zero-order chi connectivity index (χ0) is 13.7. The van der Waals surface area contributed by atoms with Crippen molar-refractivity contribution in [2.45, 2.75) is 17.1 Å². The standard InChI is InChI=1S/C14H12N2OS2/c1-10(19-12-5-3-2-4-6-12)13(17)16-14-11(9-15)7-8-18-14/h2-8,10H,1H3,(H,16,17)/t10-/m1/s1. The Morgan fingerprint density at radius 2 is 2.11 bits per heavy atom. The molecule has 3 nitrogen and oxygen atoms in total. The number of carbonyl (C=O) groups excluding carboxylic acids is 1. The zero-order valence-electron chi connectivity index (χ0n) is 10.3. The number of hydrogen-bond donors (Lipinski definition) is 1. The van der Waals surface area contributed by atoms with E-state index < -0.39 is 0 Å². The van der Waals surface area contributed by atoms with Gasteiger partial charge in [-0.25, -0.2) is 0 Å². The van der Waals surface area contributed by atoms with Gasteiger partial charge in [0.1, 0.15) is 11.1 Å². The van der Waals surface area contributed by atoms with E-state index in [2.05, 4.69) is 11.4 Å². The monoisotopic (exact) mass is 288 g/mol. The minimum absolute atomic E-state index is 0.0900. The van der Waals surface area contributed by atoms with Gasteiger partial charge in [-0.1, -0.05) is 18.2 Å². The van der Waals surface area contributed by atoms with Crippen LogP contribution in [0.25, 0.3) is 0 Å². The predicted octanol–water partition coefficient (Wildman–Crippen LogP) is 3.74. The third-order valence-corrected chi connectivity index (χ3v) is 4.39. The molecule has 0 fully saturated rings. The van der Waals surface area contributed by atoms with E-state index in [9.17, 15) is 4.79 Å². The molecule has 1 N–H and O–H groups in total. The minimum Gasteiger partial charge on any atom is -0.316 e. The maximum atomic E-state index is 12.0. The van der Waals surface area contributed by atoms with Crippen molar-refractivity contribution in [3.8, 4) is 6.07 Å². The quantitative estimate of drug-likeness (QED) is 0.872. The summed E-state index contributed by atoms with van der Waals surface area (Å²) in [6, 6.07) is 13.5. The first-order valence-electron chi connectivity index (χ1n) is 5.71. The number of nitrogens with zero attached hydrogens (tertiary/aromatic N) is 1. The molecule has 5 heteroatoms. The average molecular weight is 288 g/mol. The van der Waals surface area contributed by atoms with Gasteiger partial charge in [-0.05, 0) is 30.5 Å². The van der Waals surface area contributed by atoms with Gasteiger partial charge < -0.3 is 5.32 Å². The molecule has 0 unspecified atom stereocenters. The molecular weight excluding hydrogens is 276 g/mol. The van der Waals surface area contributed by atoms with Crippen molar-refractivity contribution in [1.29, 1.82) is 5.26 Å². The number of thioether (sulfide) groups is 1. The van der Waals surface area contributed by atoms with Gasteiger partial charge in [0.25, 0.3) is 0 Å². The van der Waals surface area contributed by atoms with Crippen molar-refractivity contribution < 1.29 is 4.79 Å². The summed E-state index contributed by atoms with van der Waals surface area (Å²) in [5.74, 6) is -0.0900. The molecule has 2 aromatic rings. The highest BCUT2D eigenvalue weighted by Crippen LogP contribution is 2.26. The fourth-order valence-corrected chi connectivity index (χ4v) is 3.09. The van der Waals surface area contributed by atoms with Gasteiger partial charge in [-0.2, -0.15) is 5.26 Å². The maximum absolute atomic E-state index is 12.0. The summed E-state index contributed by atoms with van der Waals surface area (Å²) < 4.78 is 0. The van der Waals surface area contributed by atoms with Crippen LogP contribution in [0.1, 0.15) is 12.5 Å². The molecule has 2 rings (SSSR count). The van der Waals surface area contributed by atoms with Gasteiger partial charge in [-0.3, -0.25) is 4.79 Å². The molecule has 1 amide bonds. The molecule has 0 radical (unpaired) electrons. The molecule has 0 saturated heterocycles. The molecule has 0 spiro atoms. The van der Waals surface area contributed by atoms with Gasteiger partial charge in [-0.15, -0.1) is 23.1 Å². The molecular formula is C14H12N2OS2. The summed E-state index contributed by atoms with van der Waals surface area (Å²) in [5, 5.41) is 13.9. The van der Waals surface area contributed by atoms with Crippen LogP contribution >= 0.6 is 23.1 Å². The van der Waals surface area contributed by atoms with Gasteiger partial charge in [0, 0.05) is 4.90 Å². The molecule has 0 aliphatic rings. The average Bonchev–Trinajstić information content (AvgIpc) is 2.87. The molecule has 96 valence electrons. The number of nitriles is 1. The van der Waals surface area contributed by atoms with Crippen molar-refractivity contribution in [3.63, 3.8) is 0 Å². The molecule has 0 aliphatic heterocycles. The second-order valence-corrected chi connectivity index (χ2v) is 6.17. The number of anilines is 1. The van der Waals surface area contributed by atoms with Crippen molar-refractivity contribution in [3.05, 3.63) is 47.3 Å². The summed E-state index contributed by atoms with van der Waals surface area (Å²) >= 11 is 2.86. The lowest BCUT2D eigenvalue weighted by Gasteiger charge is -2.11. The predicted molar refractivity (Wildman–Crippen MR) is 79.4 cm³/mol. The second kappa shape index (κ2) is 6.41. The van der Waals surface area contributed by atoms with Crippen LogP contribution in [0, 0.1) is 11.3 Å². The highest BCUT2D eigenvalue weighted by Gasteiger charge is 2.16. The lowest BCUT2D eigenvalue weighted by molar-refractivity contribution is -0.115. The van der Waals surface area contributed by atoms with Gasteiger partial charge >= 0.3 is 0 Å². The van der Waals surface area contributed by atoms with Gasteiger partial charge in [0.2, 0.25) is 5.91 Å². The molecule has 0 aliphatic carbocycles. The van der Waals surface area contributed by atoms with Crippen LogP contribution in [0.3, 0.4) is 0 Å². The first kappa shape index (κ1) is 13.7. The van der Waals surface area contributed by atoms with Crippen LogP contribution in [0.2, 0.25) is 0 Å². The molecule has 0 saturated carbocycles. The van der Waals surface area contributed by atoms with E-state index in [1.165, 1.54) is 23.1 Å². The molecule has 1 aromatic carbocycles. The van der Waals surface area contributed by atoms with Crippen molar-refractivity contribution >= 4 is 34.0 Å². The highest BCUT2D eigenvalue weighted by molar-refractivity contribution is 8.00. The number of rotatable bonds is 4. The van der Waals surface area contributed by atoms with Crippen molar-refractivity contribution in [2.24, 2.45) is 0 Å². The van der Waals surface area contributed by atoms with Gasteiger partial charge in [0.05, 0.1) is 10.8 Å². The largest absolute Gasteiger partial charge is 0.316 e. The molecule has 19 heavy (non-hydrogen) atoms. The van der Waals surface area contributed by atoms with Gasteiger partial charge in [0.15, 0.2) is 0 Å². The Morgan fingerprint density at radius 3 is 2.79 bits per heavy atom. The summed E-state index contributed by atoms with van der Waals surface area (Å²) in [4.78, 5) is 13.1. The van der Waals surface area contributed by atoms with Crippen LogP contribution in [-0.4, -0.2) is 11.2 Å². The number of thiophene rings is 1. The first-order chi connectivity index (χ1) is 9.20. The lowest BCUT2D eigenvalue weighted by atomic mass is 10.3. The Balaban J connectivity index is 1.99. The SMILES string of the molecule is C[C@@H](Sc1ccccc1)C(=O)Nc1sccc1C#N. The Hall–Kier alpha value is -1.77. The third-order valence-electron chi connectivity index (χ3n) is 2.45. The number of carbonyl (C=O) groups is 1. The molecule has 1 aromatic heterocycles. The Kier molecular flexibility index (Phi) is 4.61. The topological polar surface area (TPSA) is 52.9 Å². The minimum atomic E-state index is -0.212. The number of amides is 1. The van der Waals surface area contributed by atoms with Crippen LogP contribution in [-0.2, 0) is 4.79 Å². The Bertz CT molecular complexity index is 601. The first-order valence-corrected chi connectivity index (χ1v) is 7.47. The van der Waals surface area contributed by atoms with Crippen molar-refractivity contribution in [2.75, 3.05) is 5.32 Å². The maximum Gasteiger partial charge on any atom is 0.238 e. The summed E-state index contributed by atoms with van der Waals surface area (Å²) in [5.41, 5.74) is 0.510. The Morgan fingerprint density at radius 1 is 1.37 bits per heavy atom. The number of benzene rings is 1. The number of hydrogen-bond acceptors (Lipinski definition) is 4. The molecule has 0 bridgehead atoms. The number of nitrogens with one attached hydrogen (secondary N) is 1. The zero-order valence-corrected chi connectivity index (χ0v) is 11.9. The summed E-state index contributed by atoms with van der Waals surface area (Å²) in [7, 11) is 0. The van der Waals surface area contributed by atoms with E-state index in [1.807, 2.05) is 37.3 Å². The van der Waals surface area contributed by atoms with E-state index in [4.69, 9.17) is 5.26 Å². The highest BCUT2D eigenvalue weighted by atomic mass is 32.2. The smallest absolute Gasteiger partial charge is 0.238 e. The lowest BCUT2D eigenvalue weighted by Crippen LogP contribution is -2.22. The summed E-state index contributed by atoms with van der Waals surface area (Å²) in [6.07, 6.45) is 0. The van der Waals surface area contributed by atoms with E-state index in [1.54, 1.807) is 11.4 Å². The van der Waals surface area contributed by atoms with Crippen LogP contribution in [0.15, 0.2) is 46.7 Å². The Labute approximate surface area is 120 Å². The molecule has 1 atom stereocenters. The van der Waals surface area contributed by atoms with Crippen LogP contribution in [0.5, 0.6) is 0 Å². The second-order valence-electron chi connectivity index (χ2n) is 3.84. The normalized spacial score (nSPS) is 11.6. The van der Waals surface area contributed by atoms with E-state index in [0.717, 1.165) is 4.90 Å². The fourth-order valence-electron chi connectivity index (χ4n) is 1.46. The van der Waals surface area contributed by atoms with Crippen LogP contribution in [0.4, 0.5) is 5.00 Å². The van der Waals surface area contributed by atoms with E-state index in [-0.39, 0.29) is 11.2 Å². The van der Waals surface area contributed by atoms with Crippen LogP contribution < -0.4 is 5.32 Å². The van der Waals surface area contributed by atoms with Crippen molar-refractivity contribution in [1.82, 2.24) is 0 Å². The van der Waals surface area contributed by atoms with E-state index >= 15 is 0 Å². The summed E-state index contributed by atoms with van der Waals surface area (Å²) in [6.45, 7) is 1.85. The van der Waals surface area contributed by atoms with E-state index in [0.29, 0.717) is 10.6 Å².